The smallest absolute Gasteiger partial charge is 0.311 e. The minimum Gasteiger partial charge on any atom is -0.463 e. The van der Waals surface area contributed by atoms with Crippen LogP contribution < -0.4 is 0 Å². The normalized spacial score (nSPS) is 11.8. The summed E-state index contributed by atoms with van der Waals surface area (Å²) in [7, 11) is 0. The number of esters is 1. The van der Waals surface area contributed by atoms with Crippen molar-refractivity contribution in [1.82, 2.24) is 0 Å². The van der Waals surface area contributed by atoms with Gasteiger partial charge in [0.1, 0.15) is 6.61 Å². The molecule has 0 spiro atoms. The number of rotatable bonds is 34. The minimum atomic E-state index is -0.455. The first kappa shape index (κ1) is 40.0. The first-order chi connectivity index (χ1) is 20.0. The molecule has 0 aromatic heterocycles. The summed E-state index contributed by atoms with van der Waals surface area (Å²) in [6, 6.07) is 0. The van der Waals surface area contributed by atoms with E-state index in [1.807, 2.05) is 20.8 Å². The fourth-order valence-corrected chi connectivity index (χ4v) is 2.68. The Morgan fingerprint density at radius 3 is 0.878 bits per heavy atom. The number of carbonyl (C=O) groups excluding carboxylic acids is 1. The molecule has 0 bridgehead atoms. The van der Waals surface area contributed by atoms with Gasteiger partial charge in [0.25, 0.3) is 0 Å². The molecule has 0 radical (unpaired) electrons. The molecule has 0 rings (SSSR count). The molecule has 0 aliphatic rings. The van der Waals surface area contributed by atoms with Crippen LogP contribution in [0.25, 0.3) is 0 Å². The SMILES string of the molecule is CCC(C)(C)C(=O)OCCOCCOCCOCCOCCOCCOCCOCCOCCOCCOCCO. The largest absolute Gasteiger partial charge is 0.463 e. The second-order valence-corrected chi connectivity index (χ2v) is 9.22. The lowest BCUT2D eigenvalue weighted by atomic mass is 9.91. The molecule has 0 aliphatic heterocycles. The highest BCUT2D eigenvalue weighted by Gasteiger charge is 2.26. The van der Waals surface area contributed by atoms with Gasteiger partial charge in [0.2, 0.25) is 0 Å². The highest BCUT2D eigenvalue weighted by Crippen LogP contribution is 2.21. The van der Waals surface area contributed by atoms with Crippen molar-refractivity contribution in [1.29, 1.82) is 0 Å². The van der Waals surface area contributed by atoms with Crippen molar-refractivity contribution in [3.8, 4) is 0 Å². The summed E-state index contributed by atoms with van der Waals surface area (Å²) in [6.45, 7) is 15.4. The van der Waals surface area contributed by atoms with Crippen LogP contribution in [-0.4, -0.2) is 156 Å². The molecule has 0 aromatic rings. The van der Waals surface area contributed by atoms with E-state index in [2.05, 4.69) is 0 Å². The molecular formula is C28H56O13. The van der Waals surface area contributed by atoms with Crippen LogP contribution >= 0.6 is 0 Å². The molecule has 0 saturated carbocycles. The van der Waals surface area contributed by atoms with Gasteiger partial charge < -0.3 is 57.2 Å². The van der Waals surface area contributed by atoms with Gasteiger partial charge in [-0.2, -0.15) is 0 Å². The van der Waals surface area contributed by atoms with Gasteiger partial charge in [-0.15, -0.1) is 0 Å². The van der Waals surface area contributed by atoms with Crippen LogP contribution in [0.2, 0.25) is 0 Å². The maximum atomic E-state index is 11.8. The zero-order chi connectivity index (χ0) is 30.1. The van der Waals surface area contributed by atoms with Crippen LogP contribution in [0.4, 0.5) is 0 Å². The van der Waals surface area contributed by atoms with Gasteiger partial charge in [0, 0.05) is 0 Å². The van der Waals surface area contributed by atoms with Crippen LogP contribution in [0.15, 0.2) is 0 Å². The molecule has 0 fully saturated rings. The van der Waals surface area contributed by atoms with E-state index in [-0.39, 0.29) is 19.2 Å². The van der Waals surface area contributed by atoms with E-state index in [0.29, 0.717) is 132 Å². The van der Waals surface area contributed by atoms with Crippen LogP contribution in [0.1, 0.15) is 27.2 Å². The van der Waals surface area contributed by atoms with Crippen LogP contribution in [0.3, 0.4) is 0 Å². The lowest BCUT2D eigenvalue weighted by Crippen LogP contribution is -2.27. The van der Waals surface area contributed by atoms with Crippen molar-refractivity contribution in [2.24, 2.45) is 5.41 Å². The molecule has 1 N–H and O–H groups in total. The Hall–Kier alpha value is -0.970. The molecule has 0 aliphatic carbocycles. The van der Waals surface area contributed by atoms with Crippen molar-refractivity contribution in [2.45, 2.75) is 27.2 Å². The predicted molar refractivity (Wildman–Crippen MR) is 150 cm³/mol. The number of aliphatic hydroxyl groups is 1. The zero-order valence-corrected chi connectivity index (χ0v) is 25.6. The Bertz CT molecular complexity index is 537. The van der Waals surface area contributed by atoms with Crippen LogP contribution in [-0.2, 0) is 56.9 Å². The van der Waals surface area contributed by atoms with Gasteiger partial charge in [-0.25, -0.2) is 0 Å². The maximum absolute atomic E-state index is 11.8. The number of carbonyl (C=O) groups is 1. The average molecular weight is 601 g/mol. The summed E-state index contributed by atoms with van der Waals surface area (Å²) < 4.78 is 59.0. The molecule has 13 nitrogen and oxygen atoms in total. The standard InChI is InChI=1S/C28H56O13/c1-4-28(2,3)27(30)41-26-25-40-24-23-39-22-21-38-20-19-37-18-17-36-16-15-35-14-13-34-12-11-33-10-9-32-8-7-31-6-5-29/h29H,4-26H2,1-3H3. The number of hydrogen-bond donors (Lipinski definition) is 1. The van der Waals surface area contributed by atoms with Gasteiger partial charge in [-0.05, 0) is 20.3 Å². The molecule has 0 unspecified atom stereocenters. The van der Waals surface area contributed by atoms with Gasteiger partial charge >= 0.3 is 5.97 Å². The molecule has 13 heteroatoms. The van der Waals surface area contributed by atoms with E-state index in [9.17, 15) is 4.79 Å². The van der Waals surface area contributed by atoms with E-state index in [1.54, 1.807) is 0 Å². The molecular weight excluding hydrogens is 544 g/mol. The van der Waals surface area contributed by atoms with Crippen LogP contribution in [0.5, 0.6) is 0 Å². The number of hydrogen-bond acceptors (Lipinski definition) is 13. The summed E-state index contributed by atoms with van der Waals surface area (Å²) in [5, 5.41) is 8.57. The fourth-order valence-electron chi connectivity index (χ4n) is 2.68. The topological polar surface area (TPSA) is 139 Å². The molecule has 0 heterocycles. The van der Waals surface area contributed by atoms with Gasteiger partial charge in [0.05, 0.1) is 144 Å². The molecule has 41 heavy (non-hydrogen) atoms. The summed E-state index contributed by atoms with van der Waals surface area (Å²) >= 11 is 0. The van der Waals surface area contributed by atoms with E-state index in [4.69, 9.17) is 57.2 Å². The van der Waals surface area contributed by atoms with Crippen molar-refractivity contribution in [3.63, 3.8) is 0 Å². The van der Waals surface area contributed by atoms with Crippen molar-refractivity contribution < 1.29 is 62.0 Å². The fraction of sp³-hybridized carbons (Fsp3) is 0.964. The number of ether oxygens (including phenoxy) is 11. The van der Waals surface area contributed by atoms with E-state index in [1.165, 1.54) is 0 Å². The average Bonchev–Trinajstić information content (AvgIpc) is 2.97. The third kappa shape index (κ3) is 30.3. The number of aliphatic hydroxyl groups excluding tert-OH is 1. The second kappa shape index (κ2) is 32.0. The quantitative estimate of drug-likeness (QED) is 0.0835. The lowest BCUT2D eigenvalue weighted by molar-refractivity contribution is -0.155. The third-order valence-electron chi connectivity index (χ3n) is 5.48. The maximum Gasteiger partial charge on any atom is 0.311 e. The van der Waals surface area contributed by atoms with Crippen LogP contribution in [0, 0.1) is 5.41 Å². The van der Waals surface area contributed by atoms with Gasteiger partial charge in [0.15, 0.2) is 0 Å². The van der Waals surface area contributed by atoms with E-state index >= 15 is 0 Å². The molecule has 0 atom stereocenters. The van der Waals surface area contributed by atoms with Gasteiger partial charge in [-0.3, -0.25) is 4.79 Å². The Kier molecular flexibility index (Phi) is 31.2. The van der Waals surface area contributed by atoms with E-state index in [0.717, 1.165) is 6.42 Å². The first-order valence-corrected chi connectivity index (χ1v) is 14.6. The Morgan fingerprint density at radius 2 is 0.659 bits per heavy atom. The zero-order valence-electron chi connectivity index (χ0n) is 25.6. The third-order valence-corrected chi connectivity index (χ3v) is 5.48. The van der Waals surface area contributed by atoms with Crippen molar-refractivity contribution >= 4 is 5.97 Å². The molecule has 0 aromatic carbocycles. The predicted octanol–water partition coefficient (Wildman–Crippen LogP) is 1.12. The lowest BCUT2D eigenvalue weighted by Gasteiger charge is -2.20. The van der Waals surface area contributed by atoms with Crippen molar-refractivity contribution in [2.75, 3.05) is 145 Å². The Morgan fingerprint density at radius 1 is 0.439 bits per heavy atom. The Balaban J connectivity index is 3.11. The summed E-state index contributed by atoms with van der Waals surface area (Å²) in [5.74, 6) is -0.201. The highest BCUT2D eigenvalue weighted by molar-refractivity contribution is 5.75. The summed E-state index contributed by atoms with van der Waals surface area (Å²) in [6.07, 6.45) is 0.736. The minimum absolute atomic E-state index is 0.0232. The summed E-state index contributed by atoms with van der Waals surface area (Å²) in [5.41, 5.74) is -0.455. The molecule has 0 saturated heterocycles. The van der Waals surface area contributed by atoms with Crippen molar-refractivity contribution in [3.05, 3.63) is 0 Å². The monoisotopic (exact) mass is 600 g/mol. The Labute approximate surface area is 246 Å². The molecule has 0 amide bonds. The van der Waals surface area contributed by atoms with E-state index < -0.39 is 5.41 Å². The summed E-state index contributed by atoms with van der Waals surface area (Å²) in [4.78, 5) is 11.8. The second-order valence-electron chi connectivity index (χ2n) is 9.22. The van der Waals surface area contributed by atoms with Gasteiger partial charge in [-0.1, -0.05) is 6.92 Å². The first-order valence-electron chi connectivity index (χ1n) is 14.6. The highest BCUT2D eigenvalue weighted by atomic mass is 16.6. The molecule has 246 valence electrons.